The van der Waals surface area contributed by atoms with Gasteiger partial charge in [-0.1, -0.05) is 122 Å². The van der Waals surface area contributed by atoms with Gasteiger partial charge in [0, 0.05) is 16.7 Å². The average molecular weight is 449 g/mol. The Morgan fingerprint density at radius 2 is 1.38 bits per heavy atom. The average Bonchev–Trinajstić information content (AvgIpc) is 3.57. The lowest BCUT2D eigenvalue weighted by Gasteiger charge is -2.21. The number of nitrogens with one attached hydrogen (secondary N) is 1. The molecule has 3 aromatic carbocycles. The molecular formula is C28H28N6. The van der Waals surface area contributed by atoms with Gasteiger partial charge in [-0.15, -0.1) is 10.2 Å². The van der Waals surface area contributed by atoms with E-state index in [1.54, 1.807) is 0 Å². The molecule has 1 N–H and O–H groups in total. The van der Waals surface area contributed by atoms with E-state index in [0.717, 1.165) is 59.6 Å². The Kier molecular flexibility index (Phi) is 6.56. The van der Waals surface area contributed by atoms with Crippen molar-refractivity contribution in [2.45, 2.75) is 38.6 Å². The van der Waals surface area contributed by atoms with Crippen LogP contribution >= 0.6 is 0 Å². The van der Waals surface area contributed by atoms with E-state index in [4.69, 9.17) is 4.98 Å². The van der Waals surface area contributed by atoms with Crippen LogP contribution in [-0.2, 0) is 0 Å². The van der Waals surface area contributed by atoms with Crippen LogP contribution < -0.4 is 0 Å². The van der Waals surface area contributed by atoms with Crippen molar-refractivity contribution in [1.29, 1.82) is 0 Å². The highest BCUT2D eigenvalue weighted by Gasteiger charge is 2.29. The second kappa shape index (κ2) is 10.3. The van der Waals surface area contributed by atoms with Crippen molar-refractivity contribution in [2.75, 3.05) is 0 Å². The number of imidazole rings is 1. The molecule has 2 heterocycles. The van der Waals surface area contributed by atoms with E-state index in [1.165, 1.54) is 0 Å². The number of unbranched alkanes of at least 4 members (excludes halogenated alkanes) is 2. The summed E-state index contributed by atoms with van der Waals surface area (Å²) in [6, 6.07) is 31.1. The molecule has 0 saturated carbocycles. The fourth-order valence-corrected chi connectivity index (χ4v) is 4.47. The van der Waals surface area contributed by atoms with Gasteiger partial charge in [0.1, 0.15) is 5.82 Å². The number of aromatic amines is 1. The minimum Gasteiger partial charge on any atom is -0.312 e. The van der Waals surface area contributed by atoms with Crippen LogP contribution in [0.1, 0.15) is 44.5 Å². The quantitative estimate of drug-likeness (QED) is 0.259. The van der Waals surface area contributed by atoms with Crippen molar-refractivity contribution in [3.63, 3.8) is 0 Å². The zero-order valence-corrected chi connectivity index (χ0v) is 19.3. The van der Waals surface area contributed by atoms with Crippen LogP contribution in [0.25, 0.3) is 33.9 Å². The highest BCUT2D eigenvalue weighted by Crippen LogP contribution is 2.40. The molecule has 0 aliphatic heterocycles. The first kappa shape index (κ1) is 21.8. The molecule has 0 aliphatic carbocycles. The molecule has 5 rings (SSSR count). The second-order valence-electron chi connectivity index (χ2n) is 8.38. The summed E-state index contributed by atoms with van der Waals surface area (Å²) in [5, 5.41) is 15.4. The summed E-state index contributed by atoms with van der Waals surface area (Å²) in [7, 11) is 0. The van der Waals surface area contributed by atoms with Crippen molar-refractivity contribution in [3.05, 3.63) is 96.8 Å². The van der Waals surface area contributed by atoms with Crippen molar-refractivity contribution in [1.82, 2.24) is 30.2 Å². The summed E-state index contributed by atoms with van der Waals surface area (Å²) in [6.45, 7) is 2.22. The fraction of sp³-hybridized carbons (Fsp3) is 0.214. The Morgan fingerprint density at radius 3 is 1.97 bits per heavy atom. The van der Waals surface area contributed by atoms with Gasteiger partial charge in [-0.05, 0) is 6.42 Å². The Balaban J connectivity index is 1.81. The van der Waals surface area contributed by atoms with Gasteiger partial charge >= 0.3 is 0 Å². The summed E-state index contributed by atoms with van der Waals surface area (Å²) in [5.41, 5.74) is 5.27. The minimum absolute atomic E-state index is 0.0966. The molecule has 0 bridgehead atoms. The number of rotatable bonds is 9. The minimum atomic E-state index is -0.0966. The van der Waals surface area contributed by atoms with Gasteiger partial charge in [-0.2, -0.15) is 5.21 Å². The van der Waals surface area contributed by atoms with E-state index in [1.807, 2.05) is 18.2 Å². The van der Waals surface area contributed by atoms with E-state index in [0.29, 0.717) is 5.82 Å². The summed E-state index contributed by atoms with van der Waals surface area (Å²) in [6.07, 6.45) is 4.26. The van der Waals surface area contributed by atoms with Gasteiger partial charge in [0.05, 0.1) is 17.4 Å². The third kappa shape index (κ3) is 4.39. The number of benzene rings is 3. The summed E-state index contributed by atoms with van der Waals surface area (Å²) < 4.78 is 2.33. The molecule has 1 atom stereocenters. The monoisotopic (exact) mass is 448 g/mol. The molecule has 170 valence electrons. The first-order valence-corrected chi connectivity index (χ1v) is 11.9. The van der Waals surface area contributed by atoms with Crippen LogP contribution in [0.5, 0.6) is 0 Å². The maximum atomic E-state index is 5.26. The summed E-state index contributed by atoms with van der Waals surface area (Å²) in [4.78, 5) is 5.26. The number of aromatic nitrogens is 6. The molecule has 0 fully saturated rings. The third-order valence-corrected chi connectivity index (χ3v) is 6.09. The molecule has 0 saturated heterocycles. The highest BCUT2D eigenvalue weighted by molar-refractivity contribution is 5.82. The Labute approximate surface area is 199 Å². The predicted octanol–water partition coefficient (Wildman–Crippen LogP) is 6.57. The lowest BCUT2D eigenvalue weighted by Crippen LogP contribution is -2.15. The molecular weight excluding hydrogens is 420 g/mol. The van der Waals surface area contributed by atoms with Crippen molar-refractivity contribution in [2.24, 2.45) is 0 Å². The molecule has 1 unspecified atom stereocenters. The van der Waals surface area contributed by atoms with E-state index in [2.05, 4.69) is 105 Å². The zero-order chi connectivity index (χ0) is 23.2. The Bertz CT molecular complexity index is 1300. The van der Waals surface area contributed by atoms with Gasteiger partial charge in [0.15, 0.2) is 5.82 Å². The molecule has 0 spiro atoms. The smallest absolute Gasteiger partial charge is 0.197 e. The molecule has 5 aromatic rings. The van der Waals surface area contributed by atoms with Crippen LogP contribution in [0.3, 0.4) is 0 Å². The first-order valence-electron chi connectivity index (χ1n) is 11.9. The predicted molar refractivity (Wildman–Crippen MR) is 135 cm³/mol. The van der Waals surface area contributed by atoms with Crippen LogP contribution in [0.15, 0.2) is 91.0 Å². The van der Waals surface area contributed by atoms with Gasteiger partial charge in [-0.3, -0.25) is 0 Å². The number of nitrogens with zero attached hydrogens (tertiary/aromatic N) is 5. The third-order valence-electron chi connectivity index (χ3n) is 6.09. The maximum absolute atomic E-state index is 5.26. The van der Waals surface area contributed by atoms with E-state index < -0.39 is 0 Å². The lowest BCUT2D eigenvalue weighted by atomic mass is 10.0. The van der Waals surface area contributed by atoms with Crippen LogP contribution in [0, 0.1) is 0 Å². The van der Waals surface area contributed by atoms with Crippen molar-refractivity contribution >= 4 is 0 Å². The molecule has 0 aliphatic rings. The summed E-state index contributed by atoms with van der Waals surface area (Å²) in [5.74, 6) is 1.59. The number of tetrazole rings is 1. The Hall–Kier alpha value is -4.06. The highest BCUT2D eigenvalue weighted by atomic mass is 15.5. The topological polar surface area (TPSA) is 72.3 Å². The SMILES string of the molecule is CCCCCC(c1nn[nH]n1)n1c(-c2ccccc2)nc(-c2ccccc2)c1-c1ccccc1. The summed E-state index contributed by atoms with van der Waals surface area (Å²) >= 11 is 0. The largest absolute Gasteiger partial charge is 0.312 e. The van der Waals surface area contributed by atoms with E-state index >= 15 is 0 Å². The van der Waals surface area contributed by atoms with Crippen LogP contribution in [-0.4, -0.2) is 30.2 Å². The molecule has 0 radical (unpaired) electrons. The number of hydrogen-bond donors (Lipinski definition) is 1. The molecule has 6 heteroatoms. The van der Waals surface area contributed by atoms with Gasteiger partial charge in [0.2, 0.25) is 0 Å². The zero-order valence-electron chi connectivity index (χ0n) is 19.3. The molecule has 6 nitrogen and oxygen atoms in total. The van der Waals surface area contributed by atoms with Crippen molar-refractivity contribution < 1.29 is 0 Å². The fourth-order valence-electron chi connectivity index (χ4n) is 4.47. The van der Waals surface area contributed by atoms with E-state index in [-0.39, 0.29) is 6.04 Å². The first-order chi connectivity index (χ1) is 16.9. The van der Waals surface area contributed by atoms with Crippen LogP contribution in [0.4, 0.5) is 0 Å². The second-order valence-corrected chi connectivity index (χ2v) is 8.38. The van der Waals surface area contributed by atoms with Gasteiger partial charge in [0.25, 0.3) is 0 Å². The standard InChI is InChI=1S/C28H28N6/c1-2-3-7-20-24(27-30-32-33-31-27)34-26(22-16-10-5-11-17-22)25(21-14-8-4-9-15-21)29-28(34)23-18-12-6-13-19-23/h4-6,8-19,24H,2-3,7,20H2,1H3,(H,30,31,32,33). The normalized spacial score (nSPS) is 12.0. The molecule has 34 heavy (non-hydrogen) atoms. The maximum Gasteiger partial charge on any atom is 0.197 e. The van der Waals surface area contributed by atoms with Gasteiger partial charge < -0.3 is 4.57 Å². The Morgan fingerprint density at radius 1 is 0.765 bits per heavy atom. The lowest BCUT2D eigenvalue weighted by molar-refractivity contribution is 0.490. The molecule has 2 aromatic heterocycles. The number of H-pyrrole nitrogens is 1. The van der Waals surface area contributed by atoms with E-state index in [9.17, 15) is 0 Å². The number of hydrogen-bond acceptors (Lipinski definition) is 4. The van der Waals surface area contributed by atoms with Crippen LogP contribution in [0.2, 0.25) is 0 Å². The molecule has 0 amide bonds. The van der Waals surface area contributed by atoms with Gasteiger partial charge in [-0.25, -0.2) is 4.98 Å². The van der Waals surface area contributed by atoms with Crippen molar-refractivity contribution in [3.8, 4) is 33.9 Å².